The van der Waals surface area contributed by atoms with Gasteiger partial charge in [-0.1, -0.05) is 184 Å². The minimum absolute atomic E-state index is 0.222. The van der Waals surface area contributed by atoms with Gasteiger partial charge in [-0.15, -0.1) is 0 Å². The third-order valence-corrected chi connectivity index (χ3v) is 32.0. The molecule has 674 valence electrons. The number of aromatic nitrogens is 2. The van der Waals surface area contributed by atoms with Gasteiger partial charge in [-0.2, -0.15) is 0 Å². The van der Waals surface area contributed by atoms with Crippen LogP contribution in [0.25, 0.3) is 43.6 Å². The lowest BCUT2D eigenvalue weighted by molar-refractivity contribution is -0.171. The topological polar surface area (TPSA) is 311 Å². The summed E-state index contributed by atoms with van der Waals surface area (Å²) in [6, 6.07) is 32.3. The Morgan fingerprint density at radius 2 is 0.437 bits per heavy atom. The number of anilines is 4. The van der Waals surface area contributed by atoms with Crippen molar-refractivity contribution in [2.75, 3.05) is 21.3 Å². The fourth-order valence-electron chi connectivity index (χ4n) is 28.3. The molecular weight excluding hydrogens is 1580 g/mol. The van der Waals surface area contributed by atoms with Crippen molar-refractivity contribution < 1.29 is 57.5 Å². The van der Waals surface area contributed by atoms with Crippen molar-refractivity contribution in [3.05, 3.63) is 108 Å². The van der Waals surface area contributed by atoms with E-state index in [0.29, 0.717) is 267 Å². The third-order valence-electron chi connectivity index (χ3n) is 32.0. The van der Waals surface area contributed by atoms with Gasteiger partial charge in [0.05, 0.1) is 65.0 Å². The number of amides is 12. The van der Waals surface area contributed by atoms with E-state index in [1.807, 2.05) is 72.8 Å². The number of rotatable bonds is 36. The van der Waals surface area contributed by atoms with Crippen molar-refractivity contribution in [3.8, 4) is 0 Å². The van der Waals surface area contributed by atoms with E-state index < -0.39 is 65.0 Å². The highest BCUT2D eigenvalue weighted by atomic mass is 16.2. The summed E-state index contributed by atoms with van der Waals surface area (Å²) in [6.45, 7) is 25.4. The zero-order valence-electron chi connectivity index (χ0n) is 76.9. The van der Waals surface area contributed by atoms with E-state index in [-0.39, 0.29) is 70.9 Å². The van der Waals surface area contributed by atoms with E-state index >= 15 is 19.2 Å². The summed E-state index contributed by atoms with van der Waals surface area (Å²) in [4.78, 5) is 177. The molecule has 7 aromatic rings. The third kappa shape index (κ3) is 15.4. The Kier molecular flexibility index (Phi) is 25.0. The molecule has 4 aliphatic carbocycles. The highest BCUT2D eigenvalue weighted by molar-refractivity contribution is 6.16. The van der Waals surface area contributed by atoms with Crippen LogP contribution < -0.4 is 42.5 Å². The lowest BCUT2D eigenvalue weighted by Crippen LogP contribution is -2.65. The van der Waals surface area contributed by atoms with Crippen LogP contribution in [0.2, 0.25) is 0 Å². The predicted octanol–water partition coefficient (Wildman–Crippen LogP) is 20.6. The lowest BCUT2D eigenvalue weighted by atomic mass is 9.47. The minimum atomic E-state index is -1.04. The quantitative estimate of drug-likeness (QED) is 0.0170. The molecule has 8 fully saturated rings. The van der Waals surface area contributed by atoms with Crippen molar-refractivity contribution >= 4 is 137 Å². The van der Waals surface area contributed by atoms with Crippen LogP contribution in [0.1, 0.15) is 325 Å². The molecule has 8 atom stereocenters. The van der Waals surface area contributed by atoms with Gasteiger partial charge >= 0.3 is 0 Å². The molecule has 5 aromatic carbocycles. The van der Waals surface area contributed by atoms with E-state index in [2.05, 4.69) is 159 Å². The Bertz CT molecular complexity index is 4790. The Hall–Kier alpha value is -9.86. The molecule has 0 radical (unpaired) electrons. The van der Waals surface area contributed by atoms with Crippen molar-refractivity contribution in [3.63, 3.8) is 0 Å². The minimum Gasteiger partial charge on any atom is -0.336 e. The Labute approximate surface area is 742 Å². The van der Waals surface area contributed by atoms with Gasteiger partial charge in [-0.05, 0) is 238 Å². The first-order chi connectivity index (χ1) is 60.3. The van der Waals surface area contributed by atoms with E-state index in [9.17, 15) is 38.4 Å². The van der Waals surface area contributed by atoms with Crippen LogP contribution in [-0.4, -0.2) is 80.0 Å². The van der Waals surface area contributed by atoms with Crippen LogP contribution in [0.3, 0.4) is 0 Å². The number of piperidine rings is 4. The summed E-state index contributed by atoms with van der Waals surface area (Å²) < 4.78 is 4.51. The second-order valence-corrected chi connectivity index (χ2v) is 41.4. The van der Waals surface area contributed by atoms with Crippen molar-refractivity contribution in [1.82, 2.24) is 30.4 Å². The molecule has 15 rings (SSSR count). The van der Waals surface area contributed by atoms with Crippen molar-refractivity contribution in [1.29, 1.82) is 0 Å². The molecule has 2 aromatic heterocycles. The first-order valence-electron chi connectivity index (χ1n) is 48.2. The molecule has 12 amide bonds. The number of nitrogens with zero attached hydrogens (tertiary/aromatic N) is 2. The molecule has 126 heavy (non-hydrogen) atoms. The Morgan fingerprint density at radius 1 is 0.254 bits per heavy atom. The molecule has 22 heteroatoms. The molecule has 8 N–H and O–H groups in total. The Morgan fingerprint density at radius 3 is 0.611 bits per heavy atom. The molecule has 0 spiro atoms. The highest BCUT2D eigenvalue weighted by Crippen LogP contribution is 2.67. The average Bonchev–Trinajstić information content (AvgIpc) is 1.30. The normalized spacial score (nSPS) is 30.4. The number of fused-ring (bicyclic) bond motifs is 14. The van der Waals surface area contributed by atoms with E-state index in [4.69, 9.17) is 0 Å². The van der Waals surface area contributed by atoms with Gasteiger partial charge in [0.2, 0.25) is 70.9 Å². The van der Waals surface area contributed by atoms with Crippen LogP contribution in [-0.2, 0) is 70.6 Å². The largest absolute Gasteiger partial charge is 0.336 e. The number of hydrogen-bond donors (Lipinski definition) is 8. The Balaban J connectivity index is 0.819. The summed E-state index contributed by atoms with van der Waals surface area (Å²) in [7, 11) is 0. The monoisotopic (exact) mass is 1720 g/mol. The van der Waals surface area contributed by atoms with Gasteiger partial charge in [-0.3, -0.25) is 78.8 Å². The smallest absolute Gasteiger partial charge is 0.232 e. The summed E-state index contributed by atoms with van der Waals surface area (Å²) in [5, 5.41) is 28.0. The molecule has 4 aliphatic heterocycles. The first-order valence-corrected chi connectivity index (χ1v) is 48.2. The van der Waals surface area contributed by atoms with Crippen LogP contribution in [0.15, 0.2) is 97.1 Å². The van der Waals surface area contributed by atoms with Crippen LogP contribution in [0.4, 0.5) is 22.7 Å². The highest BCUT2D eigenvalue weighted by Gasteiger charge is 2.69. The molecular formula is C104H136N10O12. The van der Waals surface area contributed by atoms with Crippen molar-refractivity contribution in [2.45, 2.75) is 327 Å². The summed E-state index contributed by atoms with van der Waals surface area (Å²) in [5.41, 5.74) is -3.83. The zero-order chi connectivity index (χ0) is 90.0. The lowest BCUT2D eigenvalue weighted by Gasteiger charge is -2.57. The zero-order valence-corrected chi connectivity index (χ0v) is 76.9. The van der Waals surface area contributed by atoms with Gasteiger partial charge in [0.25, 0.3) is 0 Å². The molecule has 4 saturated carbocycles. The maximum absolute atomic E-state index is 15.8. The average molecular weight is 1720 g/mol. The number of carbonyl (C=O) groups is 12. The molecule has 8 aliphatic rings. The standard InChI is InChI=1S/C104H136N10O12/c1-13-36-93(55-97(40-17-5)63-98(56-93,41-18-6)86(120)109-85(97)119)81(115)105-69-28-32-77-73(49-69)74-50-70(106-82(116)94(37-14-2)57-99(42-19-7)64-100(58-94,43-20-8)88(122)110-87(99)121)29-33-78(74)113(77)53-67-26-25-27-68(48-67)54-114-79-34-30-71(107-83(117)95(38-15-3)59-101(44-21-9)65-102(60-95,45-22-10)90(124)111-89(101)123)51-75(79)76-52-72(31-35-80(76)114)108-84(118)96(39-16-4)61-103(46-23-11)66-104(62-96,47-24-12)92(126)112-91(103)125/h25-35,48-52H,13-24,36-47,53-66H2,1-12H3,(H,105,115)(H,106,116)(H,107,117)(H,108,118)(H,109,119,120)(H,110,121,122)(H,111,123,124)(H,112,125,126). The maximum atomic E-state index is 15.8. The predicted molar refractivity (Wildman–Crippen MR) is 494 cm³/mol. The maximum Gasteiger partial charge on any atom is 0.232 e. The van der Waals surface area contributed by atoms with Crippen LogP contribution in [0, 0.1) is 65.0 Å². The van der Waals surface area contributed by atoms with Crippen LogP contribution in [0.5, 0.6) is 0 Å². The van der Waals surface area contributed by atoms with E-state index in [1.165, 1.54) is 0 Å². The van der Waals surface area contributed by atoms with Gasteiger partial charge in [0.1, 0.15) is 0 Å². The van der Waals surface area contributed by atoms with E-state index in [1.54, 1.807) is 0 Å². The van der Waals surface area contributed by atoms with Gasteiger partial charge in [0.15, 0.2) is 0 Å². The molecule has 8 bridgehead atoms. The molecule has 4 saturated heterocycles. The summed E-state index contributed by atoms with van der Waals surface area (Å²) in [5.74, 6) is -3.20. The second kappa shape index (κ2) is 34.6. The van der Waals surface area contributed by atoms with Crippen LogP contribution >= 0.6 is 0 Å². The van der Waals surface area contributed by atoms with Gasteiger partial charge < -0.3 is 30.4 Å². The molecule has 6 heterocycles. The molecule has 22 nitrogen and oxygen atoms in total. The number of hydrogen-bond acceptors (Lipinski definition) is 12. The van der Waals surface area contributed by atoms with Gasteiger partial charge in [0, 0.05) is 79.5 Å². The second-order valence-electron chi connectivity index (χ2n) is 41.4. The number of imide groups is 4. The van der Waals surface area contributed by atoms with Gasteiger partial charge in [-0.25, -0.2) is 0 Å². The number of nitrogens with one attached hydrogen (secondary N) is 8. The first kappa shape index (κ1) is 90.9. The fourth-order valence-corrected chi connectivity index (χ4v) is 28.3. The fraction of sp³-hybridized carbons (Fsp3) is 0.596. The SMILES string of the molecule is CCCC12CC(CCC)(CC(CCC)(C(=O)Nc3ccc4c(c3)c3cc(NC(=O)C5(CCC)CC6(CCC)CC(CCC)(C5)C(=O)NC6=O)ccc3n4Cc3cccc(Cn4c5ccc(NC(=O)C6(CCC)CC7(CCC)CC(CCC)(C6)C(=O)NC7=O)cc5c5cc(NC(=O)C6(CCC)CC7(CCC)CC(CCC)(C6)C(=O)NC7=O)ccc54)c3)C1)C(=O)NC2=O. The molecule has 8 unspecified atom stereocenters. The number of carbonyl (C=O) groups excluding carboxylic acids is 12. The summed E-state index contributed by atoms with van der Waals surface area (Å²) >= 11 is 0. The van der Waals surface area contributed by atoms with E-state index in [0.717, 1.165) is 54.7 Å². The summed E-state index contributed by atoms with van der Waals surface area (Å²) in [6.07, 6.45) is 18.9. The number of benzene rings is 5. The van der Waals surface area contributed by atoms with Crippen molar-refractivity contribution in [2.24, 2.45) is 65.0 Å².